The lowest BCUT2D eigenvalue weighted by atomic mass is 9.59. The van der Waals surface area contributed by atoms with Crippen molar-refractivity contribution in [3.8, 4) is 5.75 Å². The van der Waals surface area contributed by atoms with Crippen LogP contribution in [0.5, 0.6) is 5.75 Å². The number of para-hydroxylation sites is 1. The van der Waals surface area contributed by atoms with Gasteiger partial charge in [0.1, 0.15) is 5.75 Å². The van der Waals surface area contributed by atoms with Gasteiger partial charge in [-0.3, -0.25) is 9.59 Å². The van der Waals surface area contributed by atoms with Crippen LogP contribution in [0, 0.1) is 17.8 Å². The Kier molecular flexibility index (Phi) is 4.55. The number of amides is 2. The predicted octanol–water partition coefficient (Wildman–Crippen LogP) is 2.08. The van der Waals surface area contributed by atoms with Gasteiger partial charge in [-0.2, -0.15) is 0 Å². The summed E-state index contributed by atoms with van der Waals surface area (Å²) >= 11 is 0. The van der Waals surface area contributed by atoms with Crippen LogP contribution in [0.25, 0.3) is 0 Å². The summed E-state index contributed by atoms with van der Waals surface area (Å²) in [6, 6.07) is 9.23. The van der Waals surface area contributed by atoms with E-state index in [4.69, 9.17) is 4.74 Å². The third-order valence-electron chi connectivity index (χ3n) is 7.71. The van der Waals surface area contributed by atoms with Crippen molar-refractivity contribution in [3.05, 3.63) is 48.3 Å². The number of hydrogen-bond donors (Lipinski definition) is 1. The Labute approximate surface area is 187 Å². The van der Waals surface area contributed by atoms with Crippen molar-refractivity contribution >= 4 is 17.8 Å². The van der Waals surface area contributed by atoms with E-state index < -0.39 is 5.72 Å². The molecule has 2 aromatic rings. The maximum absolute atomic E-state index is 13.5. The van der Waals surface area contributed by atoms with Gasteiger partial charge in [0.15, 0.2) is 5.72 Å². The van der Waals surface area contributed by atoms with Crippen LogP contribution in [0.2, 0.25) is 0 Å². The number of aromatic nitrogens is 2. The smallest absolute Gasteiger partial charge is 0.258 e. The average Bonchev–Trinajstić information content (AvgIpc) is 2.84. The molecule has 3 heterocycles. The molecule has 5 aliphatic rings. The standard InChI is InChI=1S/C24H27N5O3/c30-21-18-4-1-2-5-20(18)32-24(27-21)15-16-6-7-17(24)14-19(16)22(31)28-10-12-29(13-11-28)23-25-8-3-9-26-23/h1-5,8-9,16-17,19H,6-7,10-15H2,(H,27,30)/t16-,17+,19-,24-/m0/s1. The molecule has 1 saturated heterocycles. The van der Waals surface area contributed by atoms with Gasteiger partial charge >= 0.3 is 0 Å². The van der Waals surface area contributed by atoms with E-state index in [9.17, 15) is 9.59 Å². The van der Waals surface area contributed by atoms with Gasteiger partial charge in [0, 0.05) is 56.8 Å². The number of piperazine rings is 1. The molecular weight excluding hydrogens is 406 g/mol. The summed E-state index contributed by atoms with van der Waals surface area (Å²) in [5.74, 6) is 1.96. The number of rotatable bonds is 2. The number of fused-ring (bicyclic) bond motifs is 3. The Bertz CT molecular complexity index is 1040. The minimum atomic E-state index is -0.672. The first-order valence-electron chi connectivity index (χ1n) is 11.5. The number of carbonyl (C=O) groups is 2. The van der Waals surface area contributed by atoms with E-state index in [2.05, 4.69) is 20.2 Å². The fourth-order valence-electron chi connectivity index (χ4n) is 6.08. The third-order valence-corrected chi connectivity index (χ3v) is 7.71. The lowest BCUT2D eigenvalue weighted by Gasteiger charge is -2.55. The van der Waals surface area contributed by atoms with E-state index in [0.29, 0.717) is 30.8 Å². The average molecular weight is 434 g/mol. The molecule has 32 heavy (non-hydrogen) atoms. The van der Waals surface area contributed by atoms with Crippen LogP contribution in [0.15, 0.2) is 42.7 Å². The molecule has 2 aliphatic heterocycles. The number of ether oxygens (including phenoxy) is 1. The van der Waals surface area contributed by atoms with Gasteiger partial charge in [0.2, 0.25) is 11.9 Å². The van der Waals surface area contributed by atoms with Crippen LogP contribution in [-0.4, -0.2) is 58.6 Å². The molecule has 1 spiro atoms. The van der Waals surface area contributed by atoms with E-state index in [1.54, 1.807) is 18.5 Å². The molecule has 0 unspecified atom stereocenters. The SMILES string of the molecule is O=C1N[C@@]2(C[C@@H]3CC[C@@H]2C[C@@H]3C(=O)N2CCN(c3ncccn3)CC2)Oc2ccccc21. The summed E-state index contributed by atoms with van der Waals surface area (Å²) in [4.78, 5) is 39.0. The van der Waals surface area contributed by atoms with Gasteiger partial charge in [-0.1, -0.05) is 12.1 Å². The topological polar surface area (TPSA) is 87.7 Å². The van der Waals surface area contributed by atoms with Crippen molar-refractivity contribution < 1.29 is 14.3 Å². The Morgan fingerprint density at radius 3 is 2.59 bits per heavy atom. The molecule has 1 aromatic heterocycles. The first kappa shape index (κ1) is 19.5. The van der Waals surface area contributed by atoms with Crippen molar-refractivity contribution in [2.24, 2.45) is 17.8 Å². The number of anilines is 1. The lowest BCUT2D eigenvalue weighted by molar-refractivity contribution is -0.155. The van der Waals surface area contributed by atoms with Gasteiger partial charge in [0.25, 0.3) is 5.91 Å². The fraction of sp³-hybridized carbons (Fsp3) is 0.500. The second kappa shape index (κ2) is 7.46. The summed E-state index contributed by atoms with van der Waals surface area (Å²) < 4.78 is 6.42. The van der Waals surface area contributed by atoms with Crippen LogP contribution in [0.4, 0.5) is 5.95 Å². The first-order valence-corrected chi connectivity index (χ1v) is 11.5. The van der Waals surface area contributed by atoms with Crippen molar-refractivity contribution in [2.75, 3.05) is 31.1 Å². The minimum Gasteiger partial charge on any atom is -0.467 e. The molecule has 8 heteroatoms. The number of benzene rings is 1. The normalized spacial score (nSPS) is 31.1. The van der Waals surface area contributed by atoms with Crippen LogP contribution in [0.3, 0.4) is 0 Å². The summed E-state index contributed by atoms with van der Waals surface area (Å²) in [6.07, 6.45) is 6.97. The lowest BCUT2D eigenvalue weighted by Crippen LogP contribution is -2.67. The quantitative estimate of drug-likeness (QED) is 0.780. The predicted molar refractivity (Wildman–Crippen MR) is 117 cm³/mol. The van der Waals surface area contributed by atoms with E-state index in [1.165, 1.54) is 0 Å². The second-order valence-electron chi connectivity index (χ2n) is 9.38. The molecule has 4 atom stereocenters. The molecule has 166 valence electrons. The Hall–Kier alpha value is -3.16. The molecule has 0 radical (unpaired) electrons. The second-order valence-corrected chi connectivity index (χ2v) is 9.38. The monoisotopic (exact) mass is 433 g/mol. The molecule has 7 rings (SSSR count). The van der Waals surface area contributed by atoms with Crippen molar-refractivity contribution in [3.63, 3.8) is 0 Å². The van der Waals surface area contributed by atoms with Crippen LogP contribution < -0.4 is 15.0 Å². The third kappa shape index (κ3) is 3.12. The molecule has 4 fully saturated rings. The van der Waals surface area contributed by atoms with Crippen LogP contribution >= 0.6 is 0 Å². The maximum Gasteiger partial charge on any atom is 0.258 e. The molecule has 1 aromatic carbocycles. The first-order chi connectivity index (χ1) is 15.6. The number of carbonyl (C=O) groups excluding carboxylic acids is 2. The van der Waals surface area contributed by atoms with Gasteiger partial charge in [-0.25, -0.2) is 9.97 Å². The Morgan fingerprint density at radius 2 is 1.84 bits per heavy atom. The van der Waals surface area contributed by atoms with E-state index >= 15 is 0 Å². The molecule has 3 aliphatic carbocycles. The minimum absolute atomic E-state index is 0.0107. The van der Waals surface area contributed by atoms with E-state index in [0.717, 1.165) is 38.3 Å². The van der Waals surface area contributed by atoms with Gasteiger partial charge in [-0.05, 0) is 43.4 Å². The van der Waals surface area contributed by atoms with E-state index in [1.807, 2.05) is 29.2 Å². The zero-order valence-electron chi connectivity index (χ0n) is 17.9. The highest BCUT2D eigenvalue weighted by Crippen LogP contribution is 2.52. The molecule has 1 N–H and O–H groups in total. The fourth-order valence-corrected chi connectivity index (χ4v) is 6.08. The van der Waals surface area contributed by atoms with Gasteiger partial charge in [-0.15, -0.1) is 0 Å². The summed E-state index contributed by atoms with van der Waals surface area (Å²) in [5.41, 5.74) is -0.0819. The summed E-state index contributed by atoms with van der Waals surface area (Å²) in [7, 11) is 0. The van der Waals surface area contributed by atoms with Crippen molar-refractivity contribution in [1.29, 1.82) is 0 Å². The molecule has 2 amide bonds. The van der Waals surface area contributed by atoms with Crippen molar-refractivity contribution in [2.45, 2.75) is 31.4 Å². The zero-order chi connectivity index (χ0) is 21.7. The molecule has 8 nitrogen and oxygen atoms in total. The summed E-state index contributed by atoms with van der Waals surface area (Å²) in [5, 5.41) is 3.18. The van der Waals surface area contributed by atoms with Crippen molar-refractivity contribution in [1.82, 2.24) is 20.2 Å². The largest absolute Gasteiger partial charge is 0.467 e. The Balaban J connectivity index is 1.14. The number of hydrogen-bond acceptors (Lipinski definition) is 6. The maximum atomic E-state index is 13.5. The highest BCUT2D eigenvalue weighted by Gasteiger charge is 2.57. The van der Waals surface area contributed by atoms with E-state index in [-0.39, 0.29) is 29.6 Å². The van der Waals surface area contributed by atoms with Crippen LogP contribution in [0.1, 0.15) is 36.0 Å². The number of nitrogens with zero attached hydrogens (tertiary/aromatic N) is 4. The van der Waals surface area contributed by atoms with Gasteiger partial charge in [0.05, 0.1) is 5.56 Å². The molecule has 2 bridgehead atoms. The molecular formula is C24H27N5O3. The highest BCUT2D eigenvalue weighted by molar-refractivity contribution is 5.98. The zero-order valence-corrected chi connectivity index (χ0v) is 17.9. The summed E-state index contributed by atoms with van der Waals surface area (Å²) in [6.45, 7) is 2.88. The number of nitrogens with one attached hydrogen (secondary N) is 1. The molecule has 3 saturated carbocycles. The van der Waals surface area contributed by atoms with Gasteiger partial charge < -0.3 is 19.9 Å². The Morgan fingerprint density at radius 1 is 1.06 bits per heavy atom. The highest BCUT2D eigenvalue weighted by atomic mass is 16.5. The van der Waals surface area contributed by atoms with Crippen LogP contribution in [-0.2, 0) is 4.79 Å².